The Labute approximate surface area is 94.0 Å². The number of amides is 1. The Morgan fingerprint density at radius 3 is 1.88 bits per heavy atom. The van der Waals surface area contributed by atoms with Crippen LogP contribution in [0.15, 0.2) is 0 Å². The lowest BCUT2D eigenvalue weighted by atomic mass is 10.2. The molecule has 96 valence electrons. The van der Waals surface area contributed by atoms with Crippen LogP contribution >= 0.6 is 0 Å². The first kappa shape index (κ1) is 17.1. The van der Waals surface area contributed by atoms with Crippen LogP contribution in [-0.4, -0.2) is 52.7 Å². The highest BCUT2D eigenvalue weighted by molar-refractivity contribution is 5.76. The fourth-order valence-corrected chi connectivity index (χ4v) is 0.462. The molecule has 0 spiro atoms. The van der Waals surface area contributed by atoms with E-state index in [1.54, 1.807) is 20.8 Å². The third-order valence-corrected chi connectivity index (χ3v) is 0.883. The molecule has 0 heterocycles. The van der Waals surface area contributed by atoms with E-state index in [1.165, 1.54) is 0 Å². The van der Waals surface area contributed by atoms with Gasteiger partial charge >= 0.3 is 12.1 Å². The van der Waals surface area contributed by atoms with Crippen molar-refractivity contribution in [2.45, 2.75) is 26.4 Å². The summed E-state index contributed by atoms with van der Waals surface area (Å²) in [5.41, 5.74) is -0.595. The molecule has 0 aliphatic rings. The van der Waals surface area contributed by atoms with Crippen molar-refractivity contribution in [2.75, 3.05) is 19.8 Å². The minimum atomic E-state index is -1.10. The summed E-state index contributed by atoms with van der Waals surface area (Å²) in [4.78, 5) is 20.8. The van der Waals surface area contributed by atoms with Crippen molar-refractivity contribution in [1.29, 1.82) is 0 Å². The zero-order valence-corrected chi connectivity index (χ0v) is 9.69. The topological polar surface area (TPSA) is 116 Å². The molecule has 0 bridgehead atoms. The van der Waals surface area contributed by atoms with Crippen molar-refractivity contribution >= 4 is 12.1 Å². The number of carboxylic acids is 1. The molecular formula is C9H19NO6. The average molecular weight is 237 g/mol. The van der Waals surface area contributed by atoms with Crippen molar-refractivity contribution in [3.63, 3.8) is 0 Å². The third-order valence-electron chi connectivity index (χ3n) is 0.883. The number of carbonyl (C=O) groups excluding carboxylic acids is 1. The Hall–Kier alpha value is -1.34. The van der Waals surface area contributed by atoms with Gasteiger partial charge in [-0.25, -0.2) is 4.79 Å². The normalized spacial score (nSPS) is 9.81. The number of ether oxygens (including phenoxy) is 1. The predicted octanol–water partition coefficient (Wildman–Crippen LogP) is -0.433. The van der Waals surface area contributed by atoms with Gasteiger partial charge in [0.2, 0.25) is 0 Å². The summed E-state index contributed by atoms with van der Waals surface area (Å²) >= 11 is 0. The lowest BCUT2D eigenvalue weighted by molar-refractivity contribution is -0.136. The van der Waals surface area contributed by atoms with Crippen LogP contribution in [0, 0.1) is 0 Å². The summed E-state index contributed by atoms with van der Waals surface area (Å²) < 4.78 is 4.77. The molecule has 0 aliphatic carbocycles. The predicted molar refractivity (Wildman–Crippen MR) is 56.0 cm³/mol. The number of alkyl carbamates (subject to hydrolysis) is 1. The highest BCUT2D eigenvalue weighted by Crippen LogP contribution is 2.05. The van der Waals surface area contributed by atoms with Crippen molar-refractivity contribution in [1.82, 2.24) is 5.32 Å². The number of hydrogen-bond acceptors (Lipinski definition) is 5. The fraction of sp³-hybridized carbons (Fsp3) is 0.778. The summed E-state index contributed by atoms with van der Waals surface area (Å²) in [5.74, 6) is -1.10. The molecule has 7 nitrogen and oxygen atoms in total. The lowest BCUT2D eigenvalue weighted by Gasteiger charge is -2.19. The van der Waals surface area contributed by atoms with Crippen LogP contribution < -0.4 is 5.32 Å². The van der Waals surface area contributed by atoms with Crippen molar-refractivity contribution in [2.24, 2.45) is 0 Å². The molecule has 0 aromatic carbocycles. The third kappa shape index (κ3) is 18.4. The number of carbonyl (C=O) groups is 2. The minimum Gasteiger partial charge on any atom is -0.480 e. The van der Waals surface area contributed by atoms with Crippen molar-refractivity contribution < 1.29 is 29.6 Å². The Morgan fingerprint density at radius 1 is 1.19 bits per heavy atom. The number of aliphatic hydroxyl groups is 2. The fourth-order valence-electron chi connectivity index (χ4n) is 0.462. The van der Waals surface area contributed by atoms with Gasteiger partial charge in [-0.2, -0.15) is 0 Å². The molecule has 16 heavy (non-hydrogen) atoms. The standard InChI is InChI=1S/C7H13NO4.C2H6O2/c1-7(2,3)12-6(11)8-4-5(9)10;3-1-2-4/h4H2,1-3H3,(H,8,11)(H,9,10);3-4H,1-2H2. The molecule has 4 N–H and O–H groups in total. The summed E-state index contributed by atoms with van der Waals surface area (Å²) in [6.07, 6.45) is -0.718. The number of hydrogen-bond donors (Lipinski definition) is 4. The second-order valence-electron chi connectivity index (χ2n) is 3.70. The van der Waals surface area contributed by atoms with Crippen molar-refractivity contribution in [3.8, 4) is 0 Å². The zero-order chi connectivity index (χ0) is 13.2. The smallest absolute Gasteiger partial charge is 0.408 e. The molecule has 0 saturated carbocycles. The molecule has 7 heteroatoms. The second-order valence-corrected chi connectivity index (χ2v) is 3.70. The van der Waals surface area contributed by atoms with Crippen LogP contribution in [0.25, 0.3) is 0 Å². The first-order valence-corrected chi connectivity index (χ1v) is 4.63. The van der Waals surface area contributed by atoms with Crippen molar-refractivity contribution in [3.05, 3.63) is 0 Å². The van der Waals surface area contributed by atoms with Crippen LogP contribution in [0.1, 0.15) is 20.8 Å². The molecular weight excluding hydrogens is 218 g/mol. The Bertz CT molecular complexity index is 209. The molecule has 0 atom stereocenters. The number of carboxylic acid groups (broad SMARTS) is 1. The van der Waals surface area contributed by atoms with E-state index in [9.17, 15) is 9.59 Å². The van der Waals surface area contributed by atoms with E-state index in [-0.39, 0.29) is 13.2 Å². The van der Waals surface area contributed by atoms with Crippen LogP contribution in [0.2, 0.25) is 0 Å². The van der Waals surface area contributed by atoms with Gasteiger partial charge in [-0.15, -0.1) is 0 Å². The molecule has 1 amide bonds. The van der Waals surface area contributed by atoms with Crippen LogP contribution in [-0.2, 0) is 9.53 Å². The van der Waals surface area contributed by atoms with Crippen LogP contribution in [0.4, 0.5) is 4.79 Å². The van der Waals surface area contributed by atoms with E-state index in [1.807, 2.05) is 0 Å². The molecule has 0 saturated heterocycles. The summed E-state index contributed by atoms with van der Waals surface area (Å²) in [6, 6.07) is 0. The van der Waals surface area contributed by atoms with E-state index in [0.29, 0.717) is 0 Å². The minimum absolute atomic E-state index is 0.125. The SMILES string of the molecule is CC(C)(C)OC(=O)NCC(=O)O.OCCO. The molecule has 0 aromatic heterocycles. The Kier molecular flexibility index (Phi) is 9.52. The first-order valence-electron chi connectivity index (χ1n) is 4.63. The monoisotopic (exact) mass is 237 g/mol. The quantitative estimate of drug-likeness (QED) is 0.529. The van der Waals surface area contributed by atoms with Gasteiger partial charge in [0.1, 0.15) is 12.1 Å². The summed E-state index contributed by atoms with van der Waals surface area (Å²) in [7, 11) is 0. The largest absolute Gasteiger partial charge is 0.480 e. The highest BCUT2D eigenvalue weighted by atomic mass is 16.6. The van der Waals surface area contributed by atoms with E-state index in [4.69, 9.17) is 20.1 Å². The summed E-state index contributed by atoms with van der Waals surface area (Å²) in [5, 5.41) is 25.5. The van der Waals surface area contributed by atoms with E-state index >= 15 is 0 Å². The number of aliphatic hydroxyl groups excluding tert-OH is 2. The molecule has 0 unspecified atom stereocenters. The van der Waals surface area contributed by atoms with E-state index in [0.717, 1.165) is 0 Å². The van der Waals surface area contributed by atoms with Gasteiger partial charge in [-0.3, -0.25) is 4.79 Å². The number of rotatable bonds is 3. The van der Waals surface area contributed by atoms with Crippen LogP contribution in [0.3, 0.4) is 0 Å². The van der Waals surface area contributed by atoms with Gasteiger partial charge < -0.3 is 25.4 Å². The van der Waals surface area contributed by atoms with Gasteiger partial charge in [0.05, 0.1) is 13.2 Å². The summed E-state index contributed by atoms with van der Waals surface area (Å²) in [6.45, 7) is 4.43. The van der Waals surface area contributed by atoms with Gasteiger partial charge in [-0.05, 0) is 20.8 Å². The maximum atomic E-state index is 10.8. The van der Waals surface area contributed by atoms with Gasteiger partial charge in [0.25, 0.3) is 0 Å². The maximum Gasteiger partial charge on any atom is 0.408 e. The van der Waals surface area contributed by atoms with E-state index < -0.39 is 24.2 Å². The molecule has 0 radical (unpaired) electrons. The molecule has 0 aliphatic heterocycles. The van der Waals surface area contributed by atoms with Crippen LogP contribution in [0.5, 0.6) is 0 Å². The van der Waals surface area contributed by atoms with Gasteiger partial charge in [-0.1, -0.05) is 0 Å². The Morgan fingerprint density at radius 2 is 1.62 bits per heavy atom. The maximum absolute atomic E-state index is 10.8. The number of nitrogens with one attached hydrogen (secondary N) is 1. The number of aliphatic carboxylic acids is 1. The second kappa shape index (κ2) is 8.93. The first-order chi connectivity index (χ1) is 7.22. The zero-order valence-electron chi connectivity index (χ0n) is 9.69. The van der Waals surface area contributed by atoms with Gasteiger partial charge in [0, 0.05) is 0 Å². The lowest BCUT2D eigenvalue weighted by Crippen LogP contribution is -2.35. The van der Waals surface area contributed by atoms with Gasteiger partial charge in [0.15, 0.2) is 0 Å². The molecule has 0 fully saturated rings. The molecule has 0 rings (SSSR count). The molecule has 0 aromatic rings. The van der Waals surface area contributed by atoms with E-state index in [2.05, 4.69) is 5.32 Å². The average Bonchev–Trinajstić information content (AvgIpc) is 2.12. The highest BCUT2D eigenvalue weighted by Gasteiger charge is 2.15. The Balaban J connectivity index is 0.